The third-order valence-electron chi connectivity index (χ3n) is 3.24. The number of benzene rings is 1. The molecule has 1 rings (SSSR count). The zero-order chi connectivity index (χ0) is 14.6. The molecule has 0 aromatic heterocycles. The molecule has 0 aliphatic heterocycles. The van der Waals surface area contributed by atoms with Crippen molar-refractivity contribution in [2.45, 2.75) is 38.3 Å². The van der Waals surface area contributed by atoms with Crippen LogP contribution in [0.2, 0.25) is 0 Å². The lowest BCUT2D eigenvalue weighted by atomic mass is 9.92. The molecule has 5 heteroatoms. The van der Waals surface area contributed by atoms with Gasteiger partial charge in [-0.3, -0.25) is 0 Å². The minimum Gasteiger partial charge on any atom is -0.493 e. The summed E-state index contributed by atoms with van der Waals surface area (Å²) in [6.07, 6.45) is -0.271. The summed E-state index contributed by atoms with van der Waals surface area (Å²) in [5.74, 6) is 0.285. The molecule has 108 valence electrons. The quantitative estimate of drug-likeness (QED) is 0.831. The molecule has 0 radical (unpaired) electrons. The van der Waals surface area contributed by atoms with Crippen molar-refractivity contribution in [1.82, 2.24) is 0 Å². The van der Waals surface area contributed by atoms with E-state index in [2.05, 4.69) is 0 Å². The normalized spacial score (nSPS) is 15.7. The highest BCUT2D eigenvalue weighted by Crippen LogP contribution is 2.34. The number of hydrogen-bond donors (Lipinski definition) is 2. The molecule has 0 saturated heterocycles. The Labute approximate surface area is 113 Å². The van der Waals surface area contributed by atoms with E-state index in [1.807, 2.05) is 6.92 Å². The van der Waals surface area contributed by atoms with Crippen LogP contribution in [-0.4, -0.2) is 31.5 Å². The Morgan fingerprint density at radius 2 is 1.74 bits per heavy atom. The van der Waals surface area contributed by atoms with E-state index in [1.54, 1.807) is 13.0 Å². The van der Waals surface area contributed by atoms with Crippen molar-refractivity contribution in [3.63, 3.8) is 0 Å². The first-order valence-electron chi connectivity index (χ1n) is 6.25. The van der Waals surface area contributed by atoms with Crippen LogP contribution >= 0.6 is 0 Å². The molecule has 0 aliphatic rings. The lowest BCUT2D eigenvalue weighted by molar-refractivity contribution is 0.134. The van der Waals surface area contributed by atoms with Gasteiger partial charge in [-0.15, -0.1) is 0 Å². The number of methoxy groups -OCH3 is 2. The summed E-state index contributed by atoms with van der Waals surface area (Å²) >= 11 is 0. The fourth-order valence-electron chi connectivity index (χ4n) is 1.95. The van der Waals surface area contributed by atoms with Gasteiger partial charge < -0.3 is 20.3 Å². The first-order valence-corrected chi connectivity index (χ1v) is 6.25. The maximum absolute atomic E-state index is 14.0. The van der Waals surface area contributed by atoms with Crippen molar-refractivity contribution in [2.24, 2.45) is 5.73 Å². The number of hydrogen-bond acceptors (Lipinski definition) is 4. The average Bonchev–Trinajstić information content (AvgIpc) is 2.37. The number of ether oxygens (including phenoxy) is 2. The van der Waals surface area contributed by atoms with E-state index in [9.17, 15) is 9.50 Å². The van der Waals surface area contributed by atoms with E-state index in [0.717, 1.165) is 0 Å². The SMILES string of the molecule is COc1cc(F)c(C(C)CC(O)C(C)N)cc1OC. The molecule has 0 aliphatic carbocycles. The summed E-state index contributed by atoms with van der Waals surface area (Å²) in [5, 5.41) is 9.77. The molecule has 0 amide bonds. The van der Waals surface area contributed by atoms with Gasteiger partial charge in [-0.1, -0.05) is 6.92 Å². The number of rotatable bonds is 6. The van der Waals surface area contributed by atoms with Crippen molar-refractivity contribution in [1.29, 1.82) is 0 Å². The molecule has 0 saturated carbocycles. The van der Waals surface area contributed by atoms with Gasteiger partial charge in [0, 0.05) is 12.1 Å². The Hall–Kier alpha value is -1.33. The molecule has 19 heavy (non-hydrogen) atoms. The summed E-state index contributed by atoms with van der Waals surface area (Å²) < 4.78 is 24.2. The smallest absolute Gasteiger partial charge is 0.163 e. The summed E-state index contributed by atoms with van der Waals surface area (Å²) in [7, 11) is 2.96. The van der Waals surface area contributed by atoms with Gasteiger partial charge in [0.25, 0.3) is 0 Å². The Balaban J connectivity index is 2.99. The van der Waals surface area contributed by atoms with Crippen LogP contribution in [0.1, 0.15) is 31.7 Å². The third-order valence-corrected chi connectivity index (χ3v) is 3.24. The first kappa shape index (κ1) is 15.7. The Morgan fingerprint density at radius 3 is 2.21 bits per heavy atom. The van der Waals surface area contributed by atoms with Crippen LogP contribution in [0, 0.1) is 5.82 Å². The summed E-state index contributed by atoms with van der Waals surface area (Å²) in [6, 6.07) is 2.56. The molecule has 3 N–H and O–H groups in total. The van der Waals surface area contributed by atoms with E-state index in [4.69, 9.17) is 15.2 Å². The van der Waals surface area contributed by atoms with Gasteiger partial charge >= 0.3 is 0 Å². The summed E-state index contributed by atoms with van der Waals surface area (Å²) in [5.41, 5.74) is 6.10. The summed E-state index contributed by atoms with van der Waals surface area (Å²) in [6.45, 7) is 3.57. The van der Waals surface area contributed by atoms with Gasteiger partial charge in [-0.05, 0) is 30.9 Å². The van der Waals surface area contributed by atoms with Crippen LogP contribution in [0.3, 0.4) is 0 Å². The van der Waals surface area contributed by atoms with E-state index in [0.29, 0.717) is 23.5 Å². The highest BCUT2D eigenvalue weighted by atomic mass is 19.1. The van der Waals surface area contributed by atoms with Crippen molar-refractivity contribution >= 4 is 0 Å². The van der Waals surface area contributed by atoms with E-state index in [-0.39, 0.29) is 17.8 Å². The zero-order valence-corrected chi connectivity index (χ0v) is 11.8. The Bertz CT molecular complexity index is 423. The molecule has 0 heterocycles. The van der Waals surface area contributed by atoms with Crippen LogP contribution in [0.4, 0.5) is 4.39 Å². The van der Waals surface area contributed by atoms with Crippen molar-refractivity contribution in [3.8, 4) is 11.5 Å². The van der Waals surface area contributed by atoms with Gasteiger partial charge in [0.1, 0.15) is 5.82 Å². The fourth-order valence-corrected chi connectivity index (χ4v) is 1.95. The third kappa shape index (κ3) is 3.81. The lowest BCUT2D eigenvalue weighted by Gasteiger charge is -2.21. The van der Waals surface area contributed by atoms with E-state index < -0.39 is 6.10 Å². The molecular weight excluding hydrogens is 249 g/mol. The molecule has 0 spiro atoms. The maximum atomic E-state index is 14.0. The minimum atomic E-state index is -0.664. The predicted molar refractivity (Wildman–Crippen MR) is 72.2 cm³/mol. The molecule has 3 unspecified atom stereocenters. The number of aliphatic hydroxyl groups is 1. The van der Waals surface area contributed by atoms with E-state index in [1.165, 1.54) is 20.3 Å². The van der Waals surface area contributed by atoms with Crippen LogP contribution < -0.4 is 15.2 Å². The van der Waals surface area contributed by atoms with Gasteiger partial charge in [0.2, 0.25) is 0 Å². The number of aliphatic hydroxyl groups excluding tert-OH is 1. The average molecular weight is 271 g/mol. The monoisotopic (exact) mass is 271 g/mol. The predicted octanol–water partition coefficient (Wildman–Crippen LogP) is 2.04. The van der Waals surface area contributed by atoms with Crippen LogP contribution in [-0.2, 0) is 0 Å². The lowest BCUT2D eigenvalue weighted by Crippen LogP contribution is -2.32. The van der Waals surface area contributed by atoms with Crippen LogP contribution in [0.25, 0.3) is 0 Å². The van der Waals surface area contributed by atoms with Crippen LogP contribution in [0.5, 0.6) is 11.5 Å². The second-order valence-electron chi connectivity index (χ2n) is 4.79. The molecule has 1 aromatic carbocycles. The molecule has 4 nitrogen and oxygen atoms in total. The Kier molecular flexibility index (Phi) is 5.57. The number of nitrogens with two attached hydrogens (primary N) is 1. The second-order valence-corrected chi connectivity index (χ2v) is 4.79. The van der Waals surface area contributed by atoms with Crippen LogP contribution in [0.15, 0.2) is 12.1 Å². The maximum Gasteiger partial charge on any atom is 0.163 e. The largest absolute Gasteiger partial charge is 0.493 e. The van der Waals surface area contributed by atoms with Crippen molar-refractivity contribution in [3.05, 3.63) is 23.5 Å². The number of halogens is 1. The second kappa shape index (κ2) is 6.73. The highest BCUT2D eigenvalue weighted by Gasteiger charge is 2.20. The molecular formula is C14H22FNO3. The molecule has 3 atom stereocenters. The van der Waals surface area contributed by atoms with Gasteiger partial charge in [0.15, 0.2) is 11.5 Å². The molecule has 0 bridgehead atoms. The van der Waals surface area contributed by atoms with Gasteiger partial charge in [-0.25, -0.2) is 4.39 Å². The van der Waals surface area contributed by atoms with Crippen molar-refractivity contribution in [2.75, 3.05) is 14.2 Å². The first-order chi connectivity index (χ1) is 8.90. The highest BCUT2D eigenvalue weighted by molar-refractivity contribution is 5.44. The minimum absolute atomic E-state index is 0.166. The van der Waals surface area contributed by atoms with E-state index >= 15 is 0 Å². The van der Waals surface area contributed by atoms with Gasteiger partial charge in [-0.2, -0.15) is 0 Å². The fraction of sp³-hybridized carbons (Fsp3) is 0.571. The van der Waals surface area contributed by atoms with Gasteiger partial charge in [0.05, 0.1) is 20.3 Å². The molecule has 1 aromatic rings. The zero-order valence-electron chi connectivity index (χ0n) is 11.8. The standard InChI is InChI=1S/C14H22FNO3/c1-8(5-12(17)9(2)16)10-6-13(18-3)14(19-4)7-11(10)15/h6-9,12,17H,5,16H2,1-4H3. The summed E-state index contributed by atoms with van der Waals surface area (Å²) in [4.78, 5) is 0. The Morgan fingerprint density at radius 1 is 1.21 bits per heavy atom. The topological polar surface area (TPSA) is 64.7 Å². The van der Waals surface area contributed by atoms with Crippen molar-refractivity contribution < 1.29 is 19.0 Å². The molecule has 0 fully saturated rings.